The van der Waals surface area contributed by atoms with E-state index in [4.69, 9.17) is 10.5 Å². The van der Waals surface area contributed by atoms with Crippen molar-refractivity contribution < 1.29 is 9.53 Å². The lowest BCUT2D eigenvalue weighted by molar-refractivity contribution is -0.124. The number of rotatable bonds is 5. The average Bonchev–Trinajstić information content (AvgIpc) is 2.66. The zero-order valence-electron chi connectivity index (χ0n) is 17.9. The number of nitrogens with one attached hydrogen (secondary N) is 2. The van der Waals surface area contributed by atoms with Gasteiger partial charge in [-0.05, 0) is 58.7 Å². The number of nitrogens with zero attached hydrogens (tertiary/aromatic N) is 2. The van der Waals surface area contributed by atoms with E-state index in [1.807, 2.05) is 39.0 Å². The molecule has 0 saturated carbocycles. The molecule has 1 aromatic rings. The van der Waals surface area contributed by atoms with Crippen molar-refractivity contribution in [2.45, 2.75) is 51.6 Å². The monoisotopic (exact) mass is 401 g/mol. The first kappa shape index (κ1) is 21.4. The molecule has 0 aromatic heterocycles. The second-order valence-electron chi connectivity index (χ2n) is 9.12. The summed E-state index contributed by atoms with van der Waals surface area (Å²) in [4.78, 5) is 18.9. The summed E-state index contributed by atoms with van der Waals surface area (Å²) in [6.45, 7) is 9.76. The maximum atomic E-state index is 12.1. The number of benzene rings is 1. The standard InChI is InChI=1S/C22H35N5O2/c1-22(2,3)26-20(28)15-27-11-8-16(9-12-27)14-24-21(23)25-18-10-13-29-19-7-5-4-6-17(18)19/h4-7,16,18H,8-15H2,1-3H3,(H,26,28)(H3,23,24,25). The van der Waals surface area contributed by atoms with Gasteiger partial charge in [-0.2, -0.15) is 0 Å². The second kappa shape index (κ2) is 9.48. The zero-order valence-corrected chi connectivity index (χ0v) is 17.9. The summed E-state index contributed by atoms with van der Waals surface area (Å²) in [5.41, 5.74) is 7.12. The molecular weight excluding hydrogens is 366 g/mol. The molecule has 1 atom stereocenters. The fraction of sp³-hybridized carbons (Fsp3) is 0.636. The number of fused-ring (bicyclic) bond motifs is 1. The first-order chi connectivity index (χ1) is 13.8. The maximum Gasteiger partial charge on any atom is 0.234 e. The fourth-order valence-electron chi connectivity index (χ4n) is 3.93. The number of hydrogen-bond donors (Lipinski definition) is 3. The van der Waals surface area contributed by atoms with Crippen molar-refractivity contribution in [3.05, 3.63) is 29.8 Å². The molecule has 7 heteroatoms. The highest BCUT2D eigenvalue weighted by Crippen LogP contribution is 2.31. The van der Waals surface area contributed by atoms with E-state index in [1.165, 1.54) is 0 Å². The molecule has 1 amide bonds. The molecule has 1 aromatic carbocycles. The number of ether oxygens (including phenoxy) is 1. The Morgan fingerprint density at radius 3 is 2.69 bits per heavy atom. The van der Waals surface area contributed by atoms with Crippen LogP contribution >= 0.6 is 0 Å². The molecule has 1 unspecified atom stereocenters. The number of carbonyl (C=O) groups is 1. The molecule has 2 aliphatic heterocycles. The Bertz CT molecular complexity index is 720. The van der Waals surface area contributed by atoms with E-state index < -0.39 is 0 Å². The third-order valence-electron chi connectivity index (χ3n) is 5.39. The quantitative estimate of drug-likeness (QED) is 0.519. The molecule has 2 heterocycles. The van der Waals surface area contributed by atoms with Gasteiger partial charge < -0.3 is 21.1 Å². The van der Waals surface area contributed by atoms with E-state index in [2.05, 4.69) is 26.6 Å². The van der Waals surface area contributed by atoms with Crippen LogP contribution in [0.15, 0.2) is 29.3 Å². The number of para-hydroxylation sites is 1. The predicted molar refractivity (Wildman–Crippen MR) is 116 cm³/mol. The molecular formula is C22H35N5O2. The summed E-state index contributed by atoms with van der Waals surface area (Å²) in [5.74, 6) is 2.03. The van der Waals surface area contributed by atoms with E-state index in [9.17, 15) is 4.79 Å². The lowest BCUT2D eigenvalue weighted by Gasteiger charge is -2.32. The van der Waals surface area contributed by atoms with Crippen LogP contribution in [0.5, 0.6) is 5.75 Å². The van der Waals surface area contributed by atoms with E-state index in [-0.39, 0.29) is 17.5 Å². The average molecular weight is 402 g/mol. The molecule has 4 N–H and O–H groups in total. The van der Waals surface area contributed by atoms with E-state index in [1.54, 1.807) is 0 Å². The Morgan fingerprint density at radius 2 is 1.97 bits per heavy atom. The van der Waals surface area contributed by atoms with E-state index in [0.717, 1.165) is 50.2 Å². The Balaban J connectivity index is 1.42. The highest BCUT2D eigenvalue weighted by Gasteiger charge is 2.23. The molecule has 0 radical (unpaired) electrons. The van der Waals surface area contributed by atoms with Crippen molar-refractivity contribution in [1.29, 1.82) is 0 Å². The van der Waals surface area contributed by atoms with Crippen molar-refractivity contribution in [1.82, 2.24) is 15.5 Å². The van der Waals surface area contributed by atoms with Gasteiger partial charge in [0, 0.05) is 24.1 Å². The van der Waals surface area contributed by atoms with Crippen molar-refractivity contribution in [3.63, 3.8) is 0 Å². The van der Waals surface area contributed by atoms with E-state index >= 15 is 0 Å². The smallest absolute Gasteiger partial charge is 0.234 e. The van der Waals surface area contributed by atoms with Crippen LogP contribution in [-0.4, -0.2) is 55.1 Å². The number of piperidine rings is 1. The molecule has 3 rings (SSSR count). The first-order valence-corrected chi connectivity index (χ1v) is 10.6. The number of nitrogens with two attached hydrogens (primary N) is 1. The van der Waals surface area contributed by atoms with Crippen LogP contribution in [0, 0.1) is 5.92 Å². The van der Waals surface area contributed by atoms with Crippen LogP contribution in [0.4, 0.5) is 0 Å². The van der Waals surface area contributed by atoms with Gasteiger partial charge in [-0.25, -0.2) is 0 Å². The van der Waals surface area contributed by atoms with Crippen LogP contribution in [0.3, 0.4) is 0 Å². The molecule has 7 nitrogen and oxygen atoms in total. The number of guanidine groups is 1. The minimum absolute atomic E-state index is 0.0964. The van der Waals surface area contributed by atoms with Crippen molar-refractivity contribution in [3.8, 4) is 5.75 Å². The molecule has 1 saturated heterocycles. The molecule has 1 fully saturated rings. The SMILES string of the molecule is CC(C)(C)NC(=O)CN1CCC(CN=C(N)NC2CCOc3ccccc32)CC1. The lowest BCUT2D eigenvalue weighted by atomic mass is 9.97. The van der Waals surface area contributed by atoms with Gasteiger partial charge in [0.2, 0.25) is 5.91 Å². The summed E-state index contributed by atoms with van der Waals surface area (Å²) in [5, 5.41) is 6.38. The molecule has 0 aliphatic carbocycles. The number of amides is 1. The third kappa shape index (κ3) is 6.63. The topological polar surface area (TPSA) is 92.0 Å². The highest BCUT2D eigenvalue weighted by atomic mass is 16.5. The second-order valence-corrected chi connectivity index (χ2v) is 9.12. The number of likely N-dealkylation sites (tertiary alicyclic amines) is 1. The van der Waals surface area contributed by atoms with Gasteiger partial charge in [-0.3, -0.25) is 14.7 Å². The van der Waals surface area contributed by atoms with Crippen LogP contribution in [0.1, 0.15) is 51.6 Å². The van der Waals surface area contributed by atoms with Gasteiger partial charge in [0.15, 0.2) is 5.96 Å². The largest absolute Gasteiger partial charge is 0.493 e. The van der Waals surface area contributed by atoms with Crippen molar-refractivity contribution >= 4 is 11.9 Å². The Morgan fingerprint density at radius 1 is 1.24 bits per heavy atom. The minimum atomic E-state index is -0.181. The van der Waals surface area contributed by atoms with Gasteiger partial charge >= 0.3 is 0 Å². The van der Waals surface area contributed by atoms with Gasteiger partial charge in [0.1, 0.15) is 5.75 Å². The van der Waals surface area contributed by atoms with Gasteiger partial charge in [-0.15, -0.1) is 0 Å². The number of carbonyl (C=O) groups excluding carboxylic acids is 1. The van der Waals surface area contributed by atoms with Gasteiger partial charge in [-0.1, -0.05) is 18.2 Å². The number of aliphatic imine (C=N–C) groups is 1. The molecule has 0 spiro atoms. The van der Waals surface area contributed by atoms with Gasteiger partial charge in [0.05, 0.1) is 19.2 Å². The summed E-state index contributed by atoms with van der Waals surface area (Å²) in [7, 11) is 0. The van der Waals surface area contributed by atoms with Crippen molar-refractivity contribution in [2.75, 3.05) is 32.8 Å². The zero-order chi connectivity index (χ0) is 20.9. The third-order valence-corrected chi connectivity index (χ3v) is 5.39. The maximum absolute atomic E-state index is 12.1. The number of hydrogen-bond acceptors (Lipinski definition) is 4. The molecule has 2 aliphatic rings. The predicted octanol–water partition coefficient (Wildman–Crippen LogP) is 2.04. The first-order valence-electron chi connectivity index (χ1n) is 10.6. The molecule has 0 bridgehead atoms. The van der Waals surface area contributed by atoms with Crippen molar-refractivity contribution in [2.24, 2.45) is 16.6 Å². The minimum Gasteiger partial charge on any atom is -0.493 e. The lowest BCUT2D eigenvalue weighted by Crippen LogP contribution is -2.47. The summed E-state index contributed by atoms with van der Waals surface area (Å²) in [6.07, 6.45) is 2.96. The van der Waals surface area contributed by atoms with E-state index in [0.29, 0.717) is 25.0 Å². The Hall–Kier alpha value is -2.28. The van der Waals surface area contributed by atoms with Crippen LogP contribution in [-0.2, 0) is 4.79 Å². The summed E-state index contributed by atoms with van der Waals surface area (Å²) >= 11 is 0. The van der Waals surface area contributed by atoms with Crippen LogP contribution < -0.4 is 21.1 Å². The normalized spacial score (nSPS) is 21.2. The molecule has 160 valence electrons. The van der Waals surface area contributed by atoms with Gasteiger partial charge in [0.25, 0.3) is 0 Å². The van der Waals surface area contributed by atoms with Crippen LogP contribution in [0.25, 0.3) is 0 Å². The highest BCUT2D eigenvalue weighted by molar-refractivity contribution is 5.79. The fourth-order valence-corrected chi connectivity index (χ4v) is 3.93. The summed E-state index contributed by atoms with van der Waals surface area (Å²) < 4.78 is 5.70. The molecule has 29 heavy (non-hydrogen) atoms. The Labute approximate surface area is 174 Å². The van der Waals surface area contributed by atoms with Crippen LogP contribution in [0.2, 0.25) is 0 Å². The summed E-state index contributed by atoms with van der Waals surface area (Å²) in [6, 6.07) is 8.21. The Kier molecular flexibility index (Phi) is 7.00.